The molecule has 0 unspecified atom stereocenters. The zero-order valence-corrected chi connectivity index (χ0v) is 5.95. The summed E-state index contributed by atoms with van der Waals surface area (Å²) in [5.74, 6) is 0. The van der Waals surface area contributed by atoms with Crippen molar-refractivity contribution in [1.29, 1.82) is 0 Å². The lowest BCUT2D eigenvalue weighted by Crippen LogP contribution is -2.04. The van der Waals surface area contributed by atoms with E-state index < -0.39 is 0 Å². The standard InChI is InChI=1S/2C3H6N2/c1-2-5-3-4-1;1-2-4-5-3-1/h3H,1-2H2,(H,4,5);1-3H2. The predicted octanol–water partition coefficient (Wildman–Crippen LogP) is 0.460. The van der Waals surface area contributed by atoms with Crippen LogP contribution >= 0.6 is 0 Å². The quantitative estimate of drug-likeness (QED) is 0.522. The molecule has 2 aliphatic heterocycles. The van der Waals surface area contributed by atoms with Crippen molar-refractivity contribution in [2.75, 3.05) is 26.2 Å². The lowest BCUT2D eigenvalue weighted by molar-refractivity contribution is 0.965. The zero-order valence-electron chi connectivity index (χ0n) is 5.95. The Balaban J connectivity index is 0.0000001000. The van der Waals surface area contributed by atoms with Crippen LogP contribution in [0.4, 0.5) is 0 Å². The summed E-state index contributed by atoms with van der Waals surface area (Å²) in [5.41, 5.74) is 0. The van der Waals surface area contributed by atoms with Crippen LogP contribution in [0.5, 0.6) is 0 Å². The number of rotatable bonds is 0. The molecule has 2 heterocycles. The van der Waals surface area contributed by atoms with Gasteiger partial charge in [0.05, 0.1) is 26.0 Å². The molecule has 4 nitrogen and oxygen atoms in total. The third kappa shape index (κ3) is 3.17. The molecule has 4 heteroatoms. The maximum absolute atomic E-state index is 3.85. The number of nitrogens with one attached hydrogen (secondary N) is 1. The molecular weight excluding hydrogens is 128 g/mol. The average Bonchev–Trinajstić information content (AvgIpc) is 2.67. The molecule has 0 aromatic heterocycles. The van der Waals surface area contributed by atoms with Crippen LogP contribution < -0.4 is 5.32 Å². The van der Waals surface area contributed by atoms with E-state index in [1.807, 2.05) is 0 Å². The lowest BCUT2D eigenvalue weighted by Gasteiger charge is -1.75. The summed E-state index contributed by atoms with van der Waals surface area (Å²) < 4.78 is 0. The smallest absolute Gasteiger partial charge is 0.0825 e. The second kappa shape index (κ2) is 4.90. The van der Waals surface area contributed by atoms with Crippen molar-refractivity contribution < 1.29 is 0 Å². The van der Waals surface area contributed by atoms with Gasteiger partial charge in [-0.1, -0.05) is 0 Å². The van der Waals surface area contributed by atoms with Crippen LogP contribution in [-0.2, 0) is 0 Å². The molecule has 0 radical (unpaired) electrons. The van der Waals surface area contributed by atoms with Gasteiger partial charge in [-0.05, 0) is 6.42 Å². The average molecular weight is 140 g/mol. The van der Waals surface area contributed by atoms with Crippen LogP contribution in [0.2, 0.25) is 0 Å². The molecule has 0 fully saturated rings. The Bertz CT molecular complexity index is 102. The monoisotopic (exact) mass is 140 g/mol. The van der Waals surface area contributed by atoms with Crippen molar-refractivity contribution in [2.24, 2.45) is 15.2 Å². The van der Waals surface area contributed by atoms with Crippen molar-refractivity contribution in [3.05, 3.63) is 0 Å². The number of aliphatic imine (C=N–C) groups is 1. The molecule has 0 aliphatic carbocycles. The molecule has 2 aliphatic rings. The third-order valence-corrected chi connectivity index (χ3v) is 1.18. The molecule has 0 spiro atoms. The Morgan fingerprint density at radius 2 is 1.90 bits per heavy atom. The first-order valence-electron chi connectivity index (χ1n) is 3.55. The summed E-state index contributed by atoms with van der Waals surface area (Å²) in [6.07, 6.45) is 2.90. The Hall–Kier alpha value is -0.930. The van der Waals surface area contributed by atoms with E-state index in [9.17, 15) is 0 Å². The van der Waals surface area contributed by atoms with Crippen LogP contribution in [0.1, 0.15) is 6.42 Å². The molecule has 0 saturated carbocycles. The first-order chi connectivity index (χ1) is 5.00. The van der Waals surface area contributed by atoms with Crippen LogP contribution in [0.3, 0.4) is 0 Å². The van der Waals surface area contributed by atoms with E-state index in [2.05, 4.69) is 20.5 Å². The molecule has 0 aromatic carbocycles. The van der Waals surface area contributed by atoms with Gasteiger partial charge in [0.2, 0.25) is 0 Å². The van der Waals surface area contributed by atoms with Crippen LogP contribution in [0.25, 0.3) is 0 Å². The maximum Gasteiger partial charge on any atom is 0.0825 e. The van der Waals surface area contributed by atoms with Gasteiger partial charge in [-0.3, -0.25) is 4.99 Å². The highest BCUT2D eigenvalue weighted by molar-refractivity contribution is 5.56. The van der Waals surface area contributed by atoms with E-state index in [1.54, 1.807) is 6.34 Å². The highest BCUT2D eigenvalue weighted by Crippen LogP contribution is 1.91. The Labute approximate surface area is 60.5 Å². The molecule has 0 bridgehead atoms. The summed E-state index contributed by atoms with van der Waals surface area (Å²) in [6.45, 7) is 3.90. The highest BCUT2D eigenvalue weighted by Gasteiger charge is 1.87. The summed E-state index contributed by atoms with van der Waals surface area (Å²) in [7, 11) is 0. The van der Waals surface area contributed by atoms with Crippen molar-refractivity contribution in [2.45, 2.75) is 6.42 Å². The van der Waals surface area contributed by atoms with E-state index in [0.29, 0.717) is 0 Å². The first-order valence-corrected chi connectivity index (χ1v) is 3.55. The predicted molar refractivity (Wildman–Crippen MR) is 40.6 cm³/mol. The fourth-order valence-electron chi connectivity index (χ4n) is 0.676. The van der Waals surface area contributed by atoms with Crippen molar-refractivity contribution in [3.63, 3.8) is 0 Å². The number of nitrogens with zero attached hydrogens (tertiary/aromatic N) is 3. The summed E-state index contributed by atoms with van der Waals surface area (Å²) in [5, 5.41) is 10.3. The van der Waals surface area contributed by atoms with Crippen molar-refractivity contribution >= 4 is 6.34 Å². The second-order valence-electron chi connectivity index (χ2n) is 2.07. The minimum absolute atomic E-state index is 0.958. The van der Waals surface area contributed by atoms with Crippen molar-refractivity contribution in [1.82, 2.24) is 5.32 Å². The SMILES string of the molecule is C1=NCCN1.C1CN=NC1. The molecule has 10 heavy (non-hydrogen) atoms. The number of hydrogen-bond acceptors (Lipinski definition) is 4. The molecule has 0 amide bonds. The lowest BCUT2D eigenvalue weighted by atomic mass is 10.5. The van der Waals surface area contributed by atoms with E-state index in [0.717, 1.165) is 26.2 Å². The molecular formula is C6H12N4. The van der Waals surface area contributed by atoms with E-state index in [1.165, 1.54) is 6.42 Å². The van der Waals surface area contributed by atoms with Crippen molar-refractivity contribution in [3.8, 4) is 0 Å². The van der Waals surface area contributed by atoms with Gasteiger partial charge < -0.3 is 5.32 Å². The van der Waals surface area contributed by atoms with Gasteiger partial charge in [-0.25, -0.2) is 0 Å². The van der Waals surface area contributed by atoms with Gasteiger partial charge in [0.15, 0.2) is 0 Å². The van der Waals surface area contributed by atoms with Gasteiger partial charge in [-0.15, -0.1) is 0 Å². The topological polar surface area (TPSA) is 49.1 Å². The fourth-order valence-corrected chi connectivity index (χ4v) is 0.676. The third-order valence-electron chi connectivity index (χ3n) is 1.18. The maximum atomic E-state index is 3.85. The van der Waals surface area contributed by atoms with Gasteiger partial charge in [-0.2, -0.15) is 10.2 Å². The van der Waals surface area contributed by atoms with Gasteiger partial charge in [0.1, 0.15) is 0 Å². The van der Waals surface area contributed by atoms with Crippen LogP contribution in [-0.4, -0.2) is 32.5 Å². The van der Waals surface area contributed by atoms with Gasteiger partial charge >= 0.3 is 0 Å². The Kier molecular flexibility index (Phi) is 3.52. The zero-order chi connectivity index (χ0) is 7.07. The van der Waals surface area contributed by atoms with Gasteiger partial charge in [0, 0.05) is 6.54 Å². The first kappa shape index (κ1) is 7.18. The fraction of sp³-hybridized carbons (Fsp3) is 0.833. The normalized spacial score (nSPS) is 20.0. The molecule has 56 valence electrons. The second-order valence-corrected chi connectivity index (χ2v) is 2.07. The molecule has 0 aromatic rings. The molecule has 1 N–H and O–H groups in total. The van der Waals surface area contributed by atoms with E-state index in [-0.39, 0.29) is 0 Å². The highest BCUT2D eigenvalue weighted by atomic mass is 15.1. The molecule has 2 rings (SSSR count). The summed E-state index contributed by atoms with van der Waals surface area (Å²) >= 11 is 0. The Morgan fingerprint density at radius 3 is 2.10 bits per heavy atom. The summed E-state index contributed by atoms with van der Waals surface area (Å²) in [4.78, 5) is 3.85. The number of hydrogen-bond donors (Lipinski definition) is 1. The minimum atomic E-state index is 0.958. The number of azo groups is 1. The minimum Gasteiger partial charge on any atom is -0.375 e. The van der Waals surface area contributed by atoms with Crippen LogP contribution in [0, 0.1) is 0 Å². The molecule has 0 atom stereocenters. The largest absolute Gasteiger partial charge is 0.375 e. The molecule has 0 saturated heterocycles. The summed E-state index contributed by atoms with van der Waals surface area (Å²) in [6, 6.07) is 0. The van der Waals surface area contributed by atoms with Crippen LogP contribution in [0.15, 0.2) is 15.2 Å². The van der Waals surface area contributed by atoms with E-state index >= 15 is 0 Å². The van der Waals surface area contributed by atoms with Gasteiger partial charge in [0.25, 0.3) is 0 Å². The Morgan fingerprint density at radius 1 is 1.10 bits per heavy atom. The van der Waals surface area contributed by atoms with E-state index in [4.69, 9.17) is 0 Å².